The minimum absolute atomic E-state index is 0.0152. The minimum Gasteiger partial charge on any atom is -0.0622 e. The topological polar surface area (TPSA) is 0 Å². The summed E-state index contributed by atoms with van der Waals surface area (Å²) >= 11 is 21.6. The number of hydrogen-bond acceptors (Lipinski definition) is 0. The Labute approximate surface area is 863 Å². The molecule has 674 valence electrons. The summed E-state index contributed by atoms with van der Waals surface area (Å²) in [4.78, 5) is 0. The molecular formula is C132H104Br6. The van der Waals surface area contributed by atoms with E-state index in [1.807, 2.05) is 0 Å². The summed E-state index contributed by atoms with van der Waals surface area (Å²) in [7, 11) is 0. The summed E-state index contributed by atoms with van der Waals surface area (Å²) in [6.07, 6.45) is 0. The largest absolute Gasteiger partial charge is 0.0622 e. The molecule has 26 rings (SSSR count). The van der Waals surface area contributed by atoms with Crippen molar-refractivity contribution in [3.63, 3.8) is 0 Å². The van der Waals surface area contributed by atoms with Gasteiger partial charge in [-0.2, -0.15) is 0 Å². The number of benzene rings is 20. The van der Waals surface area contributed by atoms with Crippen LogP contribution in [0.1, 0.15) is 150 Å². The minimum atomic E-state index is 0.0152. The van der Waals surface area contributed by atoms with Gasteiger partial charge in [0.2, 0.25) is 0 Å². The molecular weight excluding hydrogens is 2060 g/mol. The zero-order valence-corrected chi connectivity index (χ0v) is 89.0. The highest BCUT2D eigenvalue weighted by Crippen LogP contribution is 2.57. The van der Waals surface area contributed by atoms with E-state index in [1.54, 1.807) is 0 Å². The van der Waals surface area contributed by atoms with Gasteiger partial charge >= 0.3 is 0 Å². The van der Waals surface area contributed by atoms with E-state index in [4.69, 9.17) is 0 Å². The Bertz CT molecular complexity index is 7930. The third-order valence-electron chi connectivity index (χ3n) is 30.2. The van der Waals surface area contributed by atoms with Gasteiger partial charge in [0.1, 0.15) is 0 Å². The highest BCUT2D eigenvalue weighted by Gasteiger charge is 2.42. The number of fused-ring (bicyclic) bond motifs is 21. The third kappa shape index (κ3) is 16.8. The van der Waals surface area contributed by atoms with Crippen LogP contribution in [0.4, 0.5) is 0 Å². The Morgan fingerprint density at radius 1 is 0.116 bits per heavy atom. The molecule has 0 nitrogen and oxygen atoms in total. The molecule has 20 aromatic rings. The molecule has 0 fully saturated rings. The van der Waals surface area contributed by atoms with Gasteiger partial charge < -0.3 is 0 Å². The molecule has 20 aromatic carbocycles. The summed E-state index contributed by atoms with van der Waals surface area (Å²) in [6.45, 7) is 27.8. The standard InChI is InChI=1S/3C25H19Br.2C21H17Br.C15H13Br/c1-25(2)23-6-4-3-5-21(23)22-12-10-19(15-24(22)25)16-7-8-18-14-20(26)11-9-17(18)13-16;2*1-25(2)23-14-19(18-8-7-16-5-3-4-6-17(16)13-18)9-11-21(23)22-12-10-20(26)15-24(22)25;2*1-21(2)19-12-15(14-6-4-3-5-7-14)8-10-17(19)18-11-9-16(22)13-20(18)21;1-15(2)13-6-4-3-5-11(13)12-8-7-10(16)9-14(12)15/h3*3-15H,1-2H3;2*3-13H,1-2H3;3-9H,1-2H3. The average Bonchev–Trinajstić information content (AvgIpc) is 1.58. The smallest absolute Gasteiger partial charge is 0.0181 e. The maximum Gasteiger partial charge on any atom is 0.0181 e. The van der Waals surface area contributed by atoms with Crippen LogP contribution in [0, 0.1) is 0 Å². The normalized spacial score (nSPS) is 14.5. The predicted octanol–water partition coefficient (Wildman–Crippen LogP) is 40.3. The van der Waals surface area contributed by atoms with E-state index >= 15 is 0 Å². The molecule has 0 N–H and O–H groups in total. The summed E-state index contributed by atoms with van der Waals surface area (Å²) in [5.74, 6) is 0. The van der Waals surface area contributed by atoms with E-state index < -0.39 is 0 Å². The second-order valence-corrected chi connectivity index (χ2v) is 46.1. The number of rotatable bonds is 5. The quantitative estimate of drug-likeness (QED) is 0.161. The Hall–Kier alpha value is -11.9. The van der Waals surface area contributed by atoms with Gasteiger partial charge in [-0.05, 0) is 343 Å². The van der Waals surface area contributed by atoms with Crippen molar-refractivity contribution in [3.8, 4) is 122 Å². The van der Waals surface area contributed by atoms with E-state index in [2.05, 4.69) is 591 Å². The molecule has 6 heteroatoms. The van der Waals surface area contributed by atoms with Gasteiger partial charge in [0.05, 0.1) is 0 Å². The first-order chi connectivity index (χ1) is 66.4. The van der Waals surface area contributed by atoms with Crippen LogP contribution in [0.5, 0.6) is 0 Å². The molecule has 0 unspecified atom stereocenters. The fourth-order valence-corrected chi connectivity index (χ4v) is 24.7. The van der Waals surface area contributed by atoms with Crippen LogP contribution in [0.15, 0.2) is 439 Å². The highest BCUT2D eigenvalue weighted by molar-refractivity contribution is 9.11. The molecule has 0 atom stereocenters. The van der Waals surface area contributed by atoms with E-state index in [9.17, 15) is 0 Å². The van der Waals surface area contributed by atoms with Crippen LogP contribution in [0.25, 0.3) is 155 Å². The number of hydrogen-bond donors (Lipinski definition) is 0. The van der Waals surface area contributed by atoms with Crippen molar-refractivity contribution in [2.75, 3.05) is 0 Å². The van der Waals surface area contributed by atoms with Crippen molar-refractivity contribution >= 4 is 128 Å². The van der Waals surface area contributed by atoms with Gasteiger partial charge in [-0.25, -0.2) is 0 Å². The lowest BCUT2D eigenvalue weighted by atomic mass is 9.81. The molecule has 0 amide bonds. The first-order valence-electron chi connectivity index (χ1n) is 47.6. The van der Waals surface area contributed by atoms with Crippen molar-refractivity contribution in [1.82, 2.24) is 0 Å². The fraction of sp³-hybridized carbons (Fsp3) is 0.136. The number of halogens is 6. The Balaban J connectivity index is 0.0000000993. The van der Waals surface area contributed by atoms with Crippen LogP contribution >= 0.6 is 95.6 Å². The van der Waals surface area contributed by atoms with Crippen LogP contribution in [0.3, 0.4) is 0 Å². The van der Waals surface area contributed by atoms with Crippen molar-refractivity contribution < 1.29 is 0 Å². The van der Waals surface area contributed by atoms with Gasteiger partial charge in [0.25, 0.3) is 0 Å². The molecule has 0 heterocycles. The highest BCUT2D eigenvalue weighted by atomic mass is 79.9. The van der Waals surface area contributed by atoms with Crippen molar-refractivity contribution in [1.29, 1.82) is 0 Å². The van der Waals surface area contributed by atoms with Gasteiger partial charge in [0.15, 0.2) is 0 Å². The fourth-order valence-electron chi connectivity index (χ4n) is 22.5. The summed E-state index contributed by atoms with van der Waals surface area (Å²) in [6, 6.07) is 150. The van der Waals surface area contributed by atoms with Crippen LogP contribution in [0.2, 0.25) is 0 Å². The molecule has 0 saturated carbocycles. The molecule has 6 aliphatic rings. The molecule has 0 spiro atoms. The van der Waals surface area contributed by atoms with Gasteiger partial charge in [0, 0.05) is 59.3 Å². The van der Waals surface area contributed by atoms with E-state index in [0.29, 0.717) is 0 Å². The van der Waals surface area contributed by atoms with Crippen LogP contribution in [-0.2, 0) is 32.5 Å². The van der Waals surface area contributed by atoms with Gasteiger partial charge in [-0.15, -0.1) is 0 Å². The first-order valence-corrected chi connectivity index (χ1v) is 52.4. The third-order valence-corrected chi connectivity index (χ3v) is 33.2. The zero-order valence-electron chi connectivity index (χ0n) is 79.5. The maximum atomic E-state index is 3.64. The van der Waals surface area contributed by atoms with E-state index in [1.165, 1.54) is 221 Å². The second-order valence-electron chi connectivity index (χ2n) is 40.7. The molecule has 0 bridgehead atoms. The van der Waals surface area contributed by atoms with Crippen LogP contribution < -0.4 is 0 Å². The Morgan fingerprint density at radius 3 is 0.572 bits per heavy atom. The molecule has 0 aromatic heterocycles. The lowest BCUT2D eigenvalue weighted by molar-refractivity contribution is 0.660. The first kappa shape index (κ1) is 92.4. The molecule has 138 heavy (non-hydrogen) atoms. The van der Waals surface area contributed by atoms with Gasteiger partial charge in [-0.1, -0.05) is 470 Å². The lowest BCUT2D eigenvalue weighted by Crippen LogP contribution is -2.15. The SMILES string of the molecule is CC1(C)c2cc(Br)ccc2-c2ccc(-c3ccc4ccccc4c3)cc21.CC1(C)c2cc(Br)ccc2-c2ccc(-c3ccc4ccccc4c3)cc21.CC1(C)c2cc(Br)ccc2-c2ccc(-c3ccccc3)cc21.CC1(C)c2cc(Br)ccc2-c2ccc(-c3ccccc3)cc21.CC1(C)c2ccccc2-c2ccc(-c3ccc4cc(Br)ccc4c3)cc21.CC1(C)c2ccccc2-c2ccc(Br)cc21. The lowest BCUT2D eigenvalue weighted by Gasteiger charge is -2.22. The maximum absolute atomic E-state index is 3.64. The monoisotopic (exact) mass is 2160 g/mol. The molecule has 6 aliphatic carbocycles. The van der Waals surface area contributed by atoms with E-state index in [0.717, 1.165) is 26.8 Å². The average molecular weight is 2170 g/mol. The summed E-state index contributed by atoms with van der Waals surface area (Å²) in [5.41, 5.74) is 46.5. The van der Waals surface area contributed by atoms with Gasteiger partial charge in [-0.3, -0.25) is 0 Å². The second kappa shape index (κ2) is 36.4. The zero-order chi connectivity index (χ0) is 95.6. The van der Waals surface area contributed by atoms with Crippen molar-refractivity contribution in [3.05, 3.63) is 506 Å². The summed E-state index contributed by atoms with van der Waals surface area (Å²) in [5, 5.41) is 7.68. The molecule has 0 radical (unpaired) electrons. The van der Waals surface area contributed by atoms with Crippen molar-refractivity contribution in [2.45, 2.75) is 116 Å². The Kier molecular flexibility index (Phi) is 24.4. The Morgan fingerprint density at radius 2 is 0.283 bits per heavy atom. The van der Waals surface area contributed by atoms with E-state index in [-0.39, 0.29) is 32.5 Å². The molecule has 0 aliphatic heterocycles. The summed E-state index contributed by atoms with van der Waals surface area (Å²) < 4.78 is 6.87. The van der Waals surface area contributed by atoms with Crippen LogP contribution in [-0.4, -0.2) is 0 Å². The predicted molar refractivity (Wildman–Crippen MR) is 610 cm³/mol. The molecule has 0 saturated heterocycles. The van der Waals surface area contributed by atoms with Crippen molar-refractivity contribution in [2.24, 2.45) is 0 Å².